The minimum atomic E-state index is -4.76. The fourth-order valence-corrected chi connectivity index (χ4v) is 10.2. The van der Waals surface area contributed by atoms with E-state index in [1.165, 1.54) is 55.8 Å². The summed E-state index contributed by atoms with van der Waals surface area (Å²) in [7, 11) is -9.53. The van der Waals surface area contributed by atoms with E-state index in [2.05, 4.69) is 12.1 Å². The Hall–Kier alpha value is -6.54. The summed E-state index contributed by atoms with van der Waals surface area (Å²) in [6.07, 6.45) is 2.65. The molecule has 0 aliphatic carbocycles. The molecule has 4 aromatic heterocycles. The zero-order valence-corrected chi connectivity index (χ0v) is 34.6. The lowest BCUT2D eigenvalue weighted by atomic mass is 10.1. The Labute approximate surface area is 349 Å². The third-order valence-electron chi connectivity index (χ3n) is 9.78. The summed E-state index contributed by atoms with van der Waals surface area (Å²) >= 11 is 3.20. The summed E-state index contributed by atoms with van der Waals surface area (Å²) in [5, 5.41) is 1.75. The molecule has 0 spiro atoms. The lowest BCUT2D eigenvalue weighted by Crippen LogP contribution is -2.04. The lowest BCUT2D eigenvalue weighted by molar-refractivity contribution is 0.473. The Kier molecular flexibility index (Phi) is 8.83. The molecule has 0 aliphatic rings. The van der Waals surface area contributed by atoms with Crippen LogP contribution in [0, 0.1) is 13.8 Å². The number of benzene rings is 6. The highest BCUT2D eigenvalue weighted by molar-refractivity contribution is 7.86. The number of fused-ring (bicyclic) bond motifs is 2. The summed E-state index contributed by atoms with van der Waals surface area (Å²) in [5.41, 5.74) is 8.10. The second-order valence-electron chi connectivity index (χ2n) is 14.1. The second-order valence-corrected chi connectivity index (χ2v) is 18.9. The molecule has 14 nitrogen and oxygen atoms in total. The highest BCUT2D eigenvalue weighted by Gasteiger charge is 2.24. The van der Waals surface area contributed by atoms with Crippen LogP contribution < -0.4 is 0 Å². The Balaban J connectivity index is 0.877. The SMILES string of the molecule is Cc1ccc2nc(-c3ccc(-n4on4-c4ccc(C=Cc5ccc(-n6on6-c6ccc(-c7nc8ccc(C)cc8s7)cc6)cc5S(=O)(=O)O)c(S(=O)(=O)O)c4)cc3)sc2c1. The van der Waals surface area contributed by atoms with E-state index in [9.17, 15) is 25.9 Å². The summed E-state index contributed by atoms with van der Waals surface area (Å²) in [6.45, 7) is 4.08. The molecule has 0 atom stereocenters. The predicted octanol–water partition coefficient (Wildman–Crippen LogP) is 9.87. The van der Waals surface area contributed by atoms with Gasteiger partial charge in [-0.15, -0.1) is 22.7 Å². The van der Waals surface area contributed by atoms with Crippen LogP contribution in [-0.4, -0.2) is 55.3 Å². The number of aryl methyl sites for hydroxylation is 2. The Bertz CT molecular complexity index is 3280. The molecular weight excluding hydrogens is 845 g/mol. The fourth-order valence-electron chi connectivity index (χ4n) is 6.68. The quantitative estimate of drug-likeness (QED) is 0.0992. The van der Waals surface area contributed by atoms with E-state index in [0.29, 0.717) is 22.7 Å². The maximum Gasteiger partial charge on any atom is 0.295 e. The number of thiazole rings is 2. The molecule has 2 N–H and O–H groups in total. The van der Waals surface area contributed by atoms with Crippen molar-refractivity contribution < 1.29 is 35.2 Å². The number of nitrogens with zero attached hydrogens (tertiary/aromatic N) is 6. The van der Waals surface area contributed by atoms with E-state index in [1.807, 2.05) is 86.6 Å². The molecule has 0 fully saturated rings. The van der Waals surface area contributed by atoms with Crippen molar-refractivity contribution in [3.05, 3.63) is 144 Å². The minimum absolute atomic E-state index is 0.0558. The third-order valence-corrected chi connectivity index (χ3v) is 13.7. The maximum absolute atomic E-state index is 12.6. The summed E-state index contributed by atoms with van der Waals surface area (Å²) in [4.78, 5) is 14.2. The minimum Gasteiger partial charge on any atom is -0.282 e. The van der Waals surface area contributed by atoms with Gasteiger partial charge in [0.2, 0.25) is 0 Å². The molecule has 6 aromatic carbocycles. The van der Waals surface area contributed by atoms with Crippen molar-refractivity contribution in [3.8, 4) is 43.9 Å². The van der Waals surface area contributed by atoms with Gasteiger partial charge in [0.25, 0.3) is 20.2 Å². The van der Waals surface area contributed by atoms with Crippen molar-refractivity contribution in [2.45, 2.75) is 23.6 Å². The van der Waals surface area contributed by atoms with Gasteiger partial charge < -0.3 is 0 Å². The van der Waals surface area contributed by atoms with E-state index in [4.69, 9.17) is 19.2 Å². The Morgan fingerprint density at radius 1 is 0.500 bits per heavy atom. The van der Waals surface area contributed by atoms with Gasteiger partial charge >= 0.3 is 0 Å². The molecule has 0 radical (unpaired) electrons. The monoisotopic (exact) mass is 874 g/mol. The van der Waals surface area contributed by atoms with Crippen molar-refractivity contribution in [3.63, 3.8) is 0 Å². The van der Waals surface area contributed by atoms with Gasteiger partial charge in [0, 0.05) is 11.1 Å². The van der Waals surface area contributed by atoms with Gasteiger partial charge in [-0.25, -0.2) is 19.2 Å². The van der Waals surface area contributed by atoms with Crippen LogP contribution >= 0.6 is 22.7 Å². The number of hydrogen-bond donors (Lipinski definition) is 2. The average Bonchev–Trinajstić information content (AvgIpc) is 4.12. The van der Waals surface area contributed by atoms with E-state index in [1.54, 1.807) is 34.8 Å². The van der Waals surface area contributed by atoms with Gasteiger partial charge in [-0.1, -0.05) is 55.8 Å². The first-order valence-corrected chi connectivity index (χ1v) is 22.7. The Morgan fingerprint density at radius 3 is 1.25 bits per heavy atom. The molecule has 300 valence electrons. The molecule has 0 unspecified atom stereocenters. The summed E-state index contributed by atoms with van der Waals surface area (Å²) in [6, 6.07) is 35.8. The first kappa shape index (κ1) is 37.7. The van der Waals surface area contributed by atoms with E-state index < -0.39 is 30.0 Å². The van der Waals surface area contributed by atoms with Crippen LogP contribution in [0.2, 0.25) is 0 Å². The molecule has 0 aliphatic heterocycles. The molecule has 4 heterocycles. The standard InChI is InChI=1S/C42H30N6O8S4/c1-25-3-19-35-37(21-25)57-41(43-35)29-9-13-31(14-10-29)45-47(55-45)33-17-7-27(39(23-33)59(49,50)51)5-6-28-8-18-34(24-40(28)60(52,53)54)48-46(56-48)32-15-11-30(12-16-32)42-44-36-20-4-26(2)22-38(36)58-42/h3-24H,1-2H3,(H,49,50,51)(H,52,53,54). The van der Waals surface area contributed by atoms with Crippen LogP contribution in [0.15, 0.2) is 140 Å². The smallest absolute Gasteiger partial charge is 0.282 e. The van der Waals surface area contributed by atoms with Gasteiger partial charge in [-0.2, -0.15) is 16.8 Å². The maximum atomic E-state index is 12.6. The summed E-state index contributed by atoms with van der Waals surface area (Å²) < 4.78 is 84.2. The van der Waals surface area contributed by atoms with Gasteiger partial charge in [-0.3, -0.25) is 9.11 Å². The van der Waals surface area contributed by atoms with Gasteiger partial charge in [0.1, 0.15) is 42.6 Å². The molecule has 0 bridgehead atoms. The lowest BCUT2D eigenvalue weighted by Gasteiger charge is -2.06. The van der Waals surface area contributed by atoms with Crippen LogP contribution in [-0.2, 0) is 20.2 Å². The van der Waals surface area contributed by atoms with Crippen LogP contribution in [0.5, 0.6) is 0 Å². The van der Waals surface area contributed by atoms with Crippen LogP contribution in [0.25, 0.3) is 76.5 Å². The molecule has 60 heavy (non-hydrogen) atoms. The molecule has 10 aromatic rings. The largest absolute Gasteiger partial charge is 0.295 e. The van der Waals surface area contributed by atoms with E-state index in [0.717, 1.165) is 52.7 Å². The number of aromatic nitrogens is 6. The molecular formula is C42H30N6O8S4. The molecule has 0 amide bonds. The average molecular weight is 875 g/mol. The first-order valence-electron chi connectivity index (χ1n) is 18.2. The van der Waals surface area contributed by atoms with Gasteiger partial charge in [-0.05, 0) is 133 Å². The van der Waals surface area contributed by atoms with Crippen molar-refractivity contribution in [2.75, 3.05) is 0 Å². The topological polar surface area (TPSA) is 181 Å². The highest BCUT2D eigenvalue weighted by atomic mass is 32.2. The number of rotatable bonds is 10. The highest BCUT2D eigenvalue weighted by Crippen LogP contribution is 2.34. The molecule has 0 saturated heterocycles. The molecule has 10 rings (SSSR count). The second kappa shape index (κ2) is 14.0. The van der Waals surface area contributed by atoms with Gasteiger partial charge in [0.15, 0.2) is 0 Å². The van der Waals surface area contributed by atoms with Crippen molar-refractivity contribution in [2.24, 2.45) is 0 Å². The zero-order chi connectivity index (χ0) is 41.5. The summed E-state index contributed by atoms with van der Waals surface area (Å²) in [5.74, 6) is 0. The van der Waals surface area contributed by atoms with Crippen LogP contribution in [0.1, 0.15) is 22.3 Å². The van der Waals surface area contributed by atoms with Crippen LogP contribution in [0.3, 0.4) is 0 Å². The fraction of sp³-hybridized carbons (Fsp3) is 0.0476. The van der Waals surface area contributed by atoms with E-state index >= 15 is 0 Å². The first-order chi connectivity index (χ1) is 28.7. The molecule has 18 heteroatoms. The predicted molar refractivity (Wildman–Crippen MR) is 230 cm³/mol. The molecule has 0 saturated carbocycles. The van der Waals surface area contributed by atoms with Crippen LogP contribution in [0.4, 0.5) is 0 Å². The van der Waals surface area contributed by atoms with E-state index in [-0.39, 0.29) is 11.1 Å². The third kappa shape index (κ3) is 7.25. The normalized spacial score (nSPS) is 12.5. The number of hydrogen-bond acceptors (Lipinski definition) is 10. The van der Waals surface area contributed by atoms with Crippen molar-refractivity contribution in [1.82, 2.24) is 29.4 Å². The zero-order valence-electron chi connectivity index (χ0n) is 31.4. The van der Waals surface area contributed by atoms with Gasteiger partial charge in [0.05, 0.1) is 20.4 Å². The van der Waals surface area contributed by atoms with Crippen molar-refractivity contribution in [1.29, 1.82) is 0 Å². The Morgan fingerprint density at radius 2 is 0.867 bits per heavy atom. The van der Waals surface area contributed by atoms with Crippen molar-refractivity contribution >= 4 is 75.5 Å².